The molecule has 0 fully saturated rings. The summed E-state index contributed by atoms with van der Waals surface area (Å²) in [5, 5.41) is 0. The normalized spacial score (nSPS) is 11.6. The molecule has 0 saturated carbocycles. The number of anilines is 2. The van der Waals surface area contributed by atoms with Crippen molar-refractivity contribution in [2.24, 2.45) is 0 Å². The first-order valence-corrected chi connectivity index (χ1v) is 6.05. The van der Waals surface area contributed by atoms with E-state index in [4.69, 9.17) is 11.5 Å². The number of nitrogens with zero attached hydrogens (tertiary/aromatic N) is 1. The lowest BCUT2D eigenvalue weighted by Crippen LogP contribution is -2.08. The van der Waals surface area contributed by atoms with Crippen molar-refractivity contribution >= 4 is 11.4 Å². The second kappa shape index (κ2) is 5.03. The first-order valence-electron chi connectivity index (χ1n) is 6.05. The highest BCUT2D eigenvalue weighted by Crippen LogP contribution is 2.39. The highest BCUT2D eigenvalue weighted by Gasteiger charge is 2.32. The zero-order valence-corrected chi connectivity index (χ0v) is 10.8. The van der Waals surface area contributed by atoms with Crippen molar-refractivity contribution in [3.05, 3.63) is 41.7 Å². The molecule has 3 nitrogen and oxygen atoms in total. The molecule has 1 aromatic heterocycles. The number of aromatic nitrogens is 1. The molecule has 6 heteroatoms. The van der Waals surface area contributed by atoms with Crippen LogP contribution in [0.3, 0.4) is 0 Å². The second-order valence-electron chi connectivity index (χ2n) is 4.38. The van der Waals surface area contributed by atoms with Crippen molar-refractivity contribution in [1.29, 1.82) is 0 Å². The number of halogens is 3. The van der Waals surface area contributed by atoms with Crippen LogP contribution in [0.1, 0.15) is 18.2 Å². The molecule has 0 saturated heterocycles. The van der Waals surface area contributed by atoms with E-state index >= 15 is 0 Å². The van der Waals surface area contributed by atoms with Crippen molar-refractivity contribution in [2.45, 2.75) is 19.5 Å². The van der Waals surface area contributed by atoms with Gasteiger partial charge in [0.1, 0.15) is 0 Å². The van der Waals surface area contributed by atoms with Gasteiger partial charge in [-0.05, 0) is 24.6 Å². The molecule has 1 aromatic carbocycles. The van der Waals surface area contributed by atoms with Gasteiger partial charge in [0.05, 0.1) is 16.9 Å². The van der Waals surface area contributed by atoms with E-state index in [-0.39, 0.29) is 16.9 Å². The number of alkyl halides is 3. The molecule has 2 aromatic rings. The van der Waals surface area contributed by atoms with Crippen LogP contribution in [0.2, 0.25) is 0 Å². The van der Waals surface area contributed by atoms with Crippen LogP contribution in [0.5, 0.6) is 0 Å². The van der Waals surface area contributed by atoms with Crippen molar-refractivity contribution < 1.29 is 13.2 Å². The fourth-order valence-corrected chi connectivity index (χ4v) is 2.03. The van der Waals surface area contributed by atoms with Gasteiger partial charge in [-0.2, -0.15) is 13.2 Å². The Balaban J connectivity index is 2.70. The summed E-state index contributed by atoms with van der Waals surface area (Å²) in [6.45, 7) is 1.87. The van der Waals surface area contributed by atoms with Crippen molar-refractivity contribution in [2.75, 3.05) is 11.5 Å². The average molecular weight is 281 g/mol. The Morgan fingerprint density at radius 1 is 1.15 bits per heavy atom. The third-order valence-corrected chi connectivity index (χ3v) is 3.05. The molecule has 0 unspecified atom stereocenters. The van der Waals surface area contributed by atoms with E-state index in [0.29, 0.717) is 17.7 Å². The minimum atomic E-state index is -4.47. The van der Waals surface area contributed by atoms with Crippen molar-refractivity contribution in [3.8, 4) is 11.1 Å². The van der Waals surface area contributed by atoms with E-state index in [2.05, 4.69) is 4.98 Å². The number of benzene rings is 1. The summed E-state index contributed by atoms with van der Waals surface area (Å²) >= 11 is 0. The first-order chi connectivity index (χ1) is 9.34. The number of hydrogen-bond donors (Lipinski definition) is 2. The molecule has 2 rings (SSSR count). The molecule has 4 N–H and O–H groups in total. The summed E-state index contributed by atoms with van der Waals surface area (Å²) < 4.78 is 38.6. The predicted octanol–water partition coefficient (Wildman–Crippen LogP) is 3.49. The summed E-state index contributed by atoms with van der Waals surface area (Å²) in [5.41, 5.74) is 12.2. The smallest absolute Gasteiger partial charge is 0.397 e. The number of aryl methyl sites for hydroxylation is 1. The van der Waals surface area contributed by atoms with Gasteiger partial charge < -0.3 is 11.5 Å². The third kappa shape index (κ3) is 2.54. The van der Waals surface area contributed by atoms with Gasteiger partial charge in [-0.3, -0.25) is 4.98 Å². The molecular formula is C14H14F3N3. The topological polar surface area (TPSA) is 64.9 Å². The predicted molar refractivity (Wildman–Crippen MR) is 72.9 cm³/mol. The number of hydrogen-bond acceptors (Lipinski definition) is 3. The minimum Gasteiger partial charge on any atom is -0.397 e. The molecule has 0 atom stereocenters. The molecule has 0 spiro atoms. The summed E-state index contributed by atoms with van der Waals surface area (Å²) in [5.74, 6) is 0. The maximum atomic E-state index is 12.9. The molecule has 0 aliphatic rings. The lowest BCUT2D eigenvalue weighted by molar-refractivity contribution is -0.137. The molecule has 0 bridgehead atoms. The maximum Gasteiger partial charge on any atom is 0.416 e. The maximum absolute atomic E-state index is 12.9. The summed E-state index contributed by atoms with van der Waals surface area (Å²) in [6.07, 6.45) is -2.29. The Morgan fingerprint density at radius 3 is 2.45 bits per heavy atom. The summed E-state index contributed by atoms with van der Waals surface area (Å²) in [6, 6.07) is 5.21. The van der Waals surface area contributed by atoms with Crippen molar-refractivity contribution in [1.82, 2.24) is 4.98 Å². The van der Waals surface area contributed by atoms with Gasteiger partial charge >= 0.3 is 6.18 Å². The quantitative estimate of drug-likeness (QED) is 0.828. The van der Waals surface area contributed by atoms with Gasteiger partial charge in [0.2, 0.25) is 0 Å². The molecule has 0 aliphatic carbocycles. The molecular weight excluding hydrogens is 267 g/mol. The highest BCUT2D eigenvalue weighted by molar-refractivity contribution is 5.86. The van der Waals surface area contributed by atoms with E-state index in [1.807, 2.05) is 6.92 Å². The van der Waals surface area contributed by atoms with Gasteiger partial charge in [0.15, 0.2) is 0 Å². The fourth-order valence-electron chi connectivity index (χ4n) is 2.03. The Morgan fingerprint density at radius 2 is 1.85 bits per heavy atom. The van der Waals surface area contributed by atoms with Gasteiger partial charge in [-0.15, -0.1) is 0 Å². The van der Waals surface area contributed by atoms with Crippen LogP contribution in [0.25, 0.3) is 11.1 Å². The largest absolute Gasteiger partial charge is 0.416 e. The van der Waals surface area contributed by atoms with Crippen LogP contribution < -0.4 is 11.5 Å². The molecule has 106 valence electrons. The number of pyridine rings is 1. The van der Waals surface area contributed by atoms with Crippen LogP contribution in [-0.4, -0.2) is 4.98 Å². The number of rotatable bonds is 2. The van der Waals surface area contributed by atoms with Crippen LogP contribution in [0.15, 0.2) is 30.5 Å². The van der Waals surface area contributed by atoms with Crippen LogP contribution in [0.4, 0.5) is 24.5 Å². The van der Waals surface area contributed by atoms with E-state index < -0.39 is 11.7 Å². The highest BCUT2D eigenvalue weighted by atomic mass is 19.4. The Labute approximate surface area is 114 Å². The lowest BCUT2D eigenvalue weighted by atomic mass is 9.97. The van der Waals surface area contributed by atoms with Gasteiger partial charge in [-0.1, -0.05) is 13.0 Å². The van der Waals surface area contributed by atoms with E-state index in [1.54, 1.807) is 18.3 Å². The van der Waals surface area contributed by atoms with Gasteiger partial charge in [0, 0.05) is 23.0 Å². The minimum absolute atomic E-state index is 0.0827. The standard InChI is InChI=1S/C14H14F3N3/c1-2-12-9(4-3-5-20-12)10-6-8(14(15,16)17)7-11(18)13(10)19/h3-7H,2,18-19H2,1H3. The average Bonchev–Trinajstić information content (AvgIpc) is 2.40. The molecule has 0 radical (unpaired) electrons. The monoisotopic (exact) mass is 281 g/mol. The molecule has 0 amide bonds. The third-order valence-electron chi connectivity index (χ3n) is 3.05. The Kier molecular flexibility index (Phi) is 3.57. The van der Waals surface area contributed by atoms with E-state index in [0.717, 1.165) is 12.1 Å². The fraction of sp³-hybridized carbons (Fsp3) is 0.214. The SMILES string of the molecule is CCc1ncccc1-c1cc(C(F)(F)F)cc(N)c1N. The van der Waals surface area contributed by atoms with E-state index in [1.165, 1.54) is 0 Å². The molecule has 20 heavy (non-hydrogen) atoms. The summed E-state index contributed by atoms with van der Waals surface area (Å²) in [4.78, 5) is 4.16. The first kappa shape index (κ1) is 14.2. The number of nitrogens with two attached hydrogens (primary N) is 2. The molecule has 1 heterocycles. The van der Waals surface area contributed by atoms with Crippen LogP contribution >= 0.6 is 0 Å². The number of nitrogen functional groups attached to an aromatic ring is 2. The van der Waals surface area contributed by atoms with E-state index in [9.17, 15) is 13.2 Å². The Bertz CT molecular complexity index is 636. The Hall–Kier alpha value is -2.24. The van der Waals surface area contributed by atoms with Crippen LogP contribution in [-0.2, 0) is 12.6 Å². The van der Waals surface area contributed by atoms with Gasteiger partial charge in [0.25, 0.3) is 0 Å². The zero-order chi connectivity index (χ0) is 14.9. The zero-order valence-electron chi connectivity index (χ0n) is 10.8. The van der Waals surface area contributed by atoms with Gasteiger partial charge in [-0.25, -0.2) is 0 Å². The lowest BCUT2D eigenvalue weighted by Gasteiger charge is -2.15. The van der Waals surface area contributed by atoms with Crippen LogP contribution in [0, 0.1) is 0 Å². The summed E-state index contributed by atoms with van der Waals surface area (Å²) in [7, 11) is 0. The van der Waals surface area contributed by atoms with Crippen molar-refractivity contribution in [3.63, 3.8) is 0 Å². The molecule has 0 aliphatic heterocycles. The second-order valence-corrected chi connectivity index (χ2v) is 4.38.